The molecule has 0 amide bonds. The fraction of sp³-hybridized carbons (Fsp3) is 0. The Morgan fingerprint density at radius 1 is 0.960 bits per heavy atom. The Balaban J connectivity index is 1.46. The van der Waals surface area contributed by atoms with Crippen LogP contribution in [0.15, 0.2) is 41.8 Å². The van der Waals surface area contributed by atoms with Gasteiger partial charge in [-0.3, -0.25) is 0 Å². The van der Waals surface area contributed by atoms with Crippen molar-refractivity contribution in [1.29, 1.82) is 0 Å². The SMILES string of the molecule is O=C(O)c1csc(Nc2ccc(Nc3nc4ccccc4s3)nn2)n1. The molecule has 1 aromatic carbocycles. The molecular formula is C15H10N6O2S2. The maximum atomic E-state index is 10.8. The molecule has 10 heteroatoms. The lowest BCUT2D eigenvalue weighted by Gasteiger charge is -2.03. The summed E-state index contributed by atoms with van der Waals surface area (Å²) in [5.41, 5.74) is 0.925. The number of fused-ring (bicyclic) bond motifs is 1. The lowest BCUT2D eigenvalue weighted by molar-refractivity contribution is 0.0691. The van der Waals surface area contributed by atoms with Gasteiger partial charge in [0, 0.05) is 5.38 Å². The third kappa shape index (κ3) is 3.39. The first kappa shape index (κ1) is 15.4. The highest BCUT2D eigenvalue weighted by atomic mass is 32.1. The van der Waals surface area contributed by atoms with Crippen LogP contribution in [0.4, 0.5) is 21.9 Å². The summed E-state index contributed by atoms with van der Waals surface area (Å²) in [5, 5.41) is 25.7. The average molecular weight is 370 g/mol. The van der Waals surface area contributed by atoms with Gasteiger partial charge in [-0.2, -0.15) is 0 Å². The second-order valence-electron chi connectivity index (χ2n) is 4.88. The van der Waals surface area contributed by atoms with Crippen LogP contribution in [0.5, 0.6) is 0 Å². The number of aromatic carboxylic acids is 1. The molecular weight excluding hydrogens is 360 g/mol. The first-order valence-corrected chi connectivity index (χ1v) is 8.79. The zero-order valence-electron chi connectivity index (χ0n) is 12.5. The molecule has 0 radical (unpaired) electrons. The van der Waals surface area contributed by atoms with Crippen molar-refractivity contribution in [2.45, 2.75) is 0 Å². The van der Waals surface area contributed by atoms with E-state index in [1.165, 1.54) is 28.1 Å². The Kier molecular flexibility index (Phi) is 3.96. The quantitative estimate of drug-likeness (QED) is 0.487. The number of anilines is 4. The molecule has 0 aliphatic heterocycles. The van der Waals surface area contributed by atoms with Gasteiger partial charge in [0.05, 0.1) is 10.2 Å². The van der Waals surface area contributed by atoms with Crippen LogP contribution in [0.25, 0.3) is 10.2 Å². The van der Waals surface area contributed by atoms with E-state index in [9.17, 15) is 4.79 Å². The molecule has 4 rings (SSSR count). The lowest BCUT2D eigenvalue weighted by atomic mass is 10.3. The molecule has 0 atom stereocenters. The van der Waals surface area contributed by atoms with Crippen LogP contribution in [-0.4, -0.2) is 31.2 Å². The van der Waals surface area contributed by atoms with Gasteiger partial charge in [-0.15, -0.1) is 21.5 Å². The molecule has 0 fully saturated rings. The van der Waals surface area contributed by atoms with Gasteiger partial charge >= 0.3 is 5.97 Å². The zero-order chi connectivity index (χ0) is 17.2. The highest BCUT2D eigenvalue weighted by Gasteiger charge is 2.09. The largest absolute Gasteiger partial charge is 0.476 e. The maximum absolute atomic E-state index is 10.8. The van der Waals surface area contributed by atoms with Gasteiger partial charge in [0.1, 0.15) is 0 Å². The number of para-hydroxylation sites is 1. The normalized spacial score (nSPS) is 10.7. The maximum Gasteiger partial charge on any atom is 0.355 e. The Hall–Kier alpha value is -3.11. The number of carboxylic acids is 1. The molecule has 0 bridgehead atoms. The van der Waals surface area contributed by atoms with Gasteiger partial charge in [-0.25, -0.2) is 14.8 Å². The van der Waals surface area contributed by atoms with Gasteiger partial charge in [-0.1, -0.05) is 23.5 Å². The highest BCUT2D eigenvalue weighted by molar-refractivity contribution is 7.22. The van der Waals surface area contributed by atoms with Crippen molar-refractivity contribution in [2.24, 2.45) is 0 Å². The number of rotatable bonds is 5. The molecule has 3 heterocycles. The summed E-state index contributed by atoms with van der Waals surface area (Å²) in [4.78, 5) is 19.2. The summed E-state index contributed by atoms with van der Waals surface area (Å²) in [7, 11) is 0. The number of carboxylic acid groups (broad SMARTS) is 1. The predicted octanol–water partition coefficient (Wildman–Crippen LogP) is 3.73. The average Bonchev–Trinajstić information content (AvgIpc) is 3.23. The number of benzene rings is 1. The molecule has 25 heavy (non-hydrogen) atoms. The van der Waals surface area contributed by atoms with Gasteiger partial charge in [0.25, 0.3) is 0 Å². The second kappa shape index (κ2) is 6.42. The van der Waals surface area contributed by atoms with E-state index in [4.69, 9.17) is 5.11 Å². The summed E-state index contributed by atoms with van der Waals surface area (Å²) >= 11 is 2.72. The van der Waals surface area contributed by atoms with E-state index >= 15 is 0 Å². The molecule has 8 nitrogen and oxygen atoms in total. The monoisotopic (exact) mass is 370 g/mol. The Morgan fingerprint density at radius 3 is 2.32 bits per heavy atom. The summed E-state index contributed by atoms with van der Waals surface area (Å²) < 4.78 is 1.09. The molecule has 0 saturated carbocycles. The molecule has 4 aromatic rings. The minimum Gasteiger partial charge on any atom is -0.476 e. The molecule has 0 saturated heterocycles. The molecule has 3 aromatic heterocycles. The number of nitrogens with zero attached hydrogens (tertiary/aromatic N) is 4. The van der Waals surface area contributed by atoms with E-state index in [1.807, 2.05) is 24.3 Å². The number of hydrogen-bond donors (Lipinski definition) is 3. The molecule has 0 aliphatic carbocycles. The van der Waals surface area contributed by atoms with Crippen molar-refractivity contribution in [3.63, 3.8) is 0 Å². The summed E-state index contributed by atoms with van der Waals surface area (Å²) in [6, 6.07) is 11.4. The summed E-state index contributed by atoms with van der Waals surface area (Å²) in [6.07, 6.45) is 0. The van der Waals surface area contributed by atoms with Crippen molar-refractivity contribution in [2.75, 3.05) is 10.6 Å². The van der Waals surface area contributed by atoms with Crippen molar-refractivity contribution < 1.29 is 9.90 Å². The number of carbonyl (C=O) groups is 1. The summed E-state index contributed by atoms with van der Waals surface area (Å²) in [6.45, 7) is 0. The number of aromatic nitrogens is 4. The molecule has 124 valence electrons. The van der Waals surface area contributed by atoms with Gasteiger partial charge < -0.3 is 15.7 Å². The third-order valence-electron chi connectivity index (χ3n) is 3.15. The topological polar surface area (TPSA) is 113 Å². The zero-order valence-corrected chi connectivity index (χ0v) is 14.1. The van der Waals surface area contributed by atoms with Crippen molar-refractivity contribution in [3.8, 4) is 0 Å². The van der Waals surface area contributed by atoms with Crippen molar-refractivity contribution in [3.05, 3.63) is 47.5 Å². The minimum absolute atomic E-state index is 0.00502. The van der Waals surface area contributed by atoms with E-state index in [-0.39, 0.29) is 5.69 Å². The number of nitrogens with one attached hydrogen (secondary N) is 2. The molecule has 3 N–H and O–H groups in total. The number of hydrogen-bond acceptors (Lipinski definition) is 9. The Morgan fingerprint density at radius 2 is 1.68 bits per heavy atom. The van der Waals surface area contributed by atoms with Crippen LogP contribution in [0.1, 0.15) is 10.5 Å². The van der Waals surface area contributed by atoms with Crippen molar-refractivity contribution >= 4 is 60.8 Å². The fourth-order valence-electron chi connectivity index (χ4n) is 2.04. The van der Waals surface area contributed by atoms with E-state index in [2.05, 4.69) is 30.8 Å². The van der Waals surface area contributed by atoms with Crippen LogP contribution >= 0.6 is 22.7 Å². The third-order valence-corrected chi connectivity index (χ3v) is 4.86. The minimum atomic E-state index is -1.06. The van der Waals surface area contributed by atoms with Gasteiger partial charge in [0.15, 0.2) is 27.6 Å². The second-order valence-corrected chi connectivity index (χ2v) is 6.77. The van der Waals surface area contributed by atoms with Gasteiger partial charge in [0.2, 0.25) is 0 Å². The first-order chi connectivity index (χ1) is 12.2. The van der Waals surface area contributed by atoms with Gasteiger partial charge in [-0.05, 0) is 24.3 Å². The van der Waals surface area contributed by atoms with Crippen LogP contribution in [0.2, 0.25) is 0 Å². The first-order valence-electron chi connectivity index (χ1n) is 7.09. The highest BCUT2D eigenvalue weighted by Crippen LogP contribution is 2.27. The summed E-state index contributed by atoms with van der Waals surface area (Å²) in [5.74, 6) is -0.0260. The van der Waals surface area contributed by atoms with Crippen LogP contribution < -0.4 is 10.6 Å². The smallest absolute Gasteiger partial charge is 0.355 e. The fourth-order valence-corrected chi connectivity index (χ4v) is 3.60. The van der Waals surface area contributed by atoms with E-state index in [1.54, 1.807) is 12.1 Å². The number of thiazole rings is 2. The molecule has 0 aliphatic rings. The van der Waals surface area contributed by atoms with Crippen LogP contribution in [0.3, 0.4) is 0 Å². The Bertz CT molecular complexity index is 1010. The molecule has 0 spiro atoms. The van der Waals surface area contributed by atoms with E-state index < -0.39 is 5.97 Å². The van der Waals surface area contributed by atoms with Crippen LogP contribution in [0, 0.1) is 0 Å². The van der Waals surface area contributed by atoms with Crippen molar-refractivity contribution in [1.82, 2.24) is 20.2 Å². The molecule has 0 unspecified atom stereocenters. The standard InChI is InChI=1S/C15H10N6O2S2/c22-13(23)9-7-24-14(17-9)18-11-5-6-12(21-20-11)19-15-16-8-3-1-2-4-10(8)25-15/h1-7H,(H,22,23)(H,16,19,21)(H,17,18,20). The van der Waals surface area contributed by atoms with E-state index in [0.717, 1.165) is 15.3 Å². The van der Waals surface area contributed by atoms with E-state index in [0.29, 0.717) is 16.8 Å². The lowest BCUT2D eigenvalue weighted by Crippen LogP contribution is -2.00. The van der Waals surface area contributed by atoms with Crippen LogP contribution in [-0.2, 0) is 0 Å². The predicted molar refractivity (Wildman–Crippen MR) is 97.3 cm³/mol. The Labute approximate surface area is 149 Å².